The van der Waals surface area contributed by atoms with Crippen molar-refractivity contribution in [3.8, 4) is 0 Å². The molecule has 0 saturated carbocycles. The molecule has 4 aromatic rings. The first-order valence-corrected chi connectivity index (χ1v) is 12.2. The summed E-state index contributed by atoms with van der Waals surface area (Å²) in [6.45, 7) is 0. The summed E-state index contributed by atoms with van der Waals surface area (Å²) < 4.78 is 1.84. The van der Waals surface area contributed by atoms with E-state index in [1.807, 2.05) is 61.5 Å². The maximum absolute atomic E-state index is 12.7. The molecule has 0 spiro atoms. The topological polar surface area (TPSA) is 73.8 Å². The highest BCUT2D eigenvalue weighted by Gasteiger charge is 2.17. The Kier molecular flexibility index (Phi) is 7.31. The monoisotopic (exact) mass is 554 g/mol. The van der Waals surface area contributed by atoms with Gasteiger partial charge in [0, 0.05) is 45.6 Å². The molecule has 0 aliphatic heterocycles. The number of hydrogen-bond donors (Lipinski definition) is 2. The van der Waals surface area contributed by atoms with Gasteiger partial charge in [0.2, 0.25) is 0 Å². The van der Waals surface area contributed by atoms with E-state index in [2.05, 4.69) is 31.8 Å². The van der Waals surface area contributed by atoms with Crippen LogP contribution in [0.2, 0.25) is 5.02 Å². The maximum Gasteiger partial charge on any atom is 0.271 e. The molecule has 0 fully saturated rings. The Morgan fingerprint density at radius 1 is 1.00 bits per heavy atom. The summed E-state index contributed by atoms with van der Waals surface area (Å²) in [5, 5.41) is 8.10. The van der Waals surface area contributed by atoms with Gasteiger partial charge < -0.3 is 10.2 Å². The van der Waals surface area contributed by atoms with Crippen LogP contribution in [0.1, 0.15) is 25.6 Å². The average molecular weight is 556 g/mol. The summed E-state index contributed by atoms with van der Waals surface area (Å²) in [4.78, 5) is 27.6. The molecule has 1 aromatic heterocycles. The Morgan fingerprint density at radius 2 is 1.71 bits per heavy atom. The molecule has 0 radical (unpaired) electrons. The van der Waals surface area contributed by atoms with Gasteiger partial charge >= 0.3 is 0 Å². The molecule has 0 bridgehead atoms. The van der Waals surface area contributed by atoms with Crippen molar-refractivity contribution in [1.82, 2.24) is 5.43 Å². The van der Waals surface area contributed by atoms with E-state index in [-0.39, 0.29) is 11.8 Å². The first-order chi connectivity index (χ1) is 16.3. The summed E-state index contributed by atoms with van der Waals surface area (Å²) in [7, 11) is 3.94. The lowest BCUT2D eigenvalue weighted by Crippen LogP contribution is -2.17. The molecule has 0 atom stereocenters. The number of hydrogen-bond acceptors (Lipinski definition) is 5. The molecule has 4 rings (SSSR count). The number of carbonyl (C=O) groups is 2. The summed E-state index contributed by atoms with van der Waals surface area (Å²) in [6.07, 6.45) is 1.58. The van der Waals surface area contributed by atoms with Crippen LogP contribution in [0.15, 0.2) is 76.3 Å². The predicted molar refractivity (Wildman–Crippen MR) is 145 cm³/mol. The fraction of sp³-hybridized carbons (Fsp3) is 0.0800. The molecule has 2 amide bonds. The van der Waals surface area contributed by atoms with E-state index >= 15 is 0 Å². The van der Waals surface area contributed by atoms with E-state index in [0.717, 1.165) is 25.8 Å². The zero-order valence-corrected chi connectivity index (χ0v) is 21.5. The number of halogens is 2. The van der Waals surface area contributed by atoms with Gasteiger partial charge in [-0.15, -0.1) is 11.3 Å². The molecule has 1 heterocycles. The number of amides is 2. The van der Waals surface area contributed by atoms with Gasteiger partial charge in [0.05, 0.1) is 11.2 Å². The molecule has 0 aliphatic carbocycles. The van der Waals surface area contributed by atoms with Crippen LogP contribution in [0.3, 0.4) is 0 Å². The summed E-state index contributed by atoms with van der Waals surface area (Å²) in [5.74, 6) is -0.651. The molecule has 6 nitrogen and oxygen atoms in total. The highest BCUT2D eigenvalue weighted by atomic mass is 79.9. The van der Waals surface area contributed by atoms with Crippen molar-refractivity contribution in [1.29, 1.82) is 0 Å². The van der Waals surface area contributed by atoms with Crippen LogP contribution in [0, 0.1) is 0 Å². The molecular formula is C25H20BrClN4O2S. The van der Waals surface area contributed by atoms with Crippen molar-refractivity contribution < 1.29 is 9.59 Å². The molecule has 9 heteroatoms. The van der Waals surface area contributed by atoms with Gasteiger partial charge in [0.1, 0.15) is 4.88 Å². The third kappa shape index (κ3) is 5.47. The van der Waals surface area contributed by atoms with Crippen LogP contribution in [0.4, 0.5) is 11.4 Å². The molecule has 0 unspecified atom stereocenters. The van der Waals surface area contributed by atoms with Crippen LogP contribution in [-0.4, -0.2) is 32.1 Å². The zero-order valence-electron chi connectivity index (χ0n) is 18.3. The van der Waals surface area contributed by atoms with Crippen molar-refractivity contribution in [3.05, 3.63) is 92.2 Å². The first-order valence-electron chi connectivity index (χ1n) is 10.2. The van der Waals surface area contributed by atoms with Gasteiger partial charge in [-0.2, -0.15) is 5.10 Å². The van der Waals surface area contributed by atoms with Crippen molar-refractivity contribution in [2.75, 3.05) is 24.3 Å². The largest absolute Gasteiger partial charge is 0.378 e. The molecule has 3 aromatic carbocycles. The van der Waals surface area contributed by atoms with Gasteiger partial charge in [-0.25, -0.2) is 5.43 Å². The van der Waals surface area contributed by atoms with Crippen LogP contribution in [-0.2, 0) is 0 Å². The Morgan fingerprint density at radius 3 is 2.38 bits per heavy atom. The lowest BCUT2D eigenvalue weighted by Gasteiger charge is -2.11. The van der Waals surface area contributed by atoms with E-state index in [1.165, 1.54) is 11.3 Å². The second-order valence-corrected chi connectivity index (χ2v) is 9.95. The molecule has 34 heavy (non-hydrogen) atoms. The number of anilines is 2. The minimum Gasteiger partial charge on any atom is -0.378 e. The van der Waals surface area contributed by atoms with Crippen LogP contribution in [0.25, 0.3) is 10.1 Å². The average Bonchev–Trinajstić information content (AvgIpc) is 3.15. The van der Waals surface area contributed by atoms with Gasteiger partial charge in [-0.05, 0) is 54.1 Å². The van der Waals surface area contributed by atoms with Gasteiger partial charge in [0.25, 0.3) is 11.8 Å². The number of benzene rings is 3. The fourth-order valence-corrected chi connectivity index (χ4v) is 5.13. The summed E-state index contributed by atoms with van der Waals surface area (Å²) in [5.41, 5.74) is 5.44. The number of carbonyl (C=O) groups excluding carboxylic acids is 2. The zero-order chi connectivity index (χ0) is 24.2. The number of nitrogens with one attached hydrogen (secondary N) is 2. The molecule has 0 saturated heterocycles. The van der Waals surface area contributed by atoms with Crippen molar-refractivity contribution in [2.24, 2.45) is 5.10 Å². The Hall–Kier alpha value is -3.20. The van der Waals surface area contributed by atoms with Crippen molar-refractivity contribution in [2.45, 2.75) is 0 Å². The van der Waals surface area contributed by atoms with E-state index in [0.29, 0.717) is 21.2 Å². The Balaban J connectivity index is 1.37. The van der Waals surface area contributed by atoms with Crippen LogP contribution in [0.5, 0.6) is 0 Å². The smallest absolute Gasteiger partial charge is 0.271 e. The second kappa shape index (κ2) is 10.4. The molecule has 172 valence electrons. The van der Waals surface area contributed by atoms with Crippen LogP contribution >= 0.6 is 38.9 Å². The van der Waals surface area contributed by atoms with Gasteiger partial charge in [-0.1, -0.05) is 45.7 Å². The predicted octanol–water partition coefficient (Wildman–Crippen LogP) is 6.40. The quantitative estimate of drug-likeness (QED) is 0.214. The van der Waals surface area contributed by atoms with E-state index < -0.39 is 0 Å². The molecular weight excluding hydrogens is 536 g/mol. The summed E-state index contributed by atoms with van der Waals surface area (Å²) >= 11 is 11.2. The van der Waals surface area contributed by atoms with Gasteiger partial charge in [0.15, 0.2) is 0 Å². The highest BCUT2D eigenvalue weighted by Crippen LogP contribution is 2.37. The van der Waals surface area contributed by atoms with E-state index in [4.69, 9.17) is 11.6 Å². The number of rotatable bonds is 6. The third-order valence-electron chi connectivity index (χ3n) is 4.99. The standard InChI is InChI=1S/C25H20BrClN4O2S/c1-31(2)19-10-3-15(4-11-19)14-28-30-24(32)16-5-8-18(9-6-16)29-25(33)23-22(27)20-12-7-17(26)13-21(20)34-23/h3-14H,1-2H3,(H,29,33)(H,30,32)/b28-14-. The fourth-order valence-electron chi connectivity index (χ4n) is 3.17. The lowest BCUT2D eigenvalue weighted by molar-refractivity contribution is 0.0954. The van der Waals surface area contributed by atoms with Crippen LogP contribution < -0.4 is 15.6 Å². The summed E-state index contributed by atoms with van der Waals surface area (Å²) in [6, 6.07) is 20.0. The lowest BCUT2D eigenvalue weighted by atomic mass is 10.2. The highest BCUT2D eigenvalue weighted by molar-refractivity contribution is 9.10. The molecule has 0 aliphatic rings. The maximum atomic E-state index is 12.7. The normalized spacial score (nSPS) is 11.1. The second-order valence-electron chi connectivity index (χ2n) is 7.60. The number of thiophene rings is 1. The Labute approximate surface area is 214 Å². The van der Waals surface area contributed by atoms with Crippen molar-refractivity contribution in [3.63, 3.8) is 0 Å². The van der Waals surface area contributed by atoms with E-state index in [1.54, 1.807) is 30.5 Å². The SMILES string of the molecule is CN(C)c1ccc(/C=N\NC(=O)c2ccc(NC(=O)c3sc4cc(Br)ccc4c3Cl)cc2)cc1. The molecule has 2 N–H and O–H groups in total. The number of fused-ring (bicyclic) bond motifs is 1. The minimum atomic E-state index is -0.350. The minimum absolute atomic E-state index is 0.301. The van der Waals surface area contributed by atoms with E-state index in [9.17, 15) is 9.59 Å². The van der Waals surface area contributed by atoms with Crippen molar-refractivity contribution >= 4 is 78.4 Å². The first kappa shape index (κ1) is 23.9. The number of hydrazone groups is 1. The Bertz CT molecular complexity index is 1380. The third-order valence-corrected chi connectivity index (χ3v) is 7.14. The number of nitrogens with zero attached hydrogens (tertiary/aromatic N) is 2. The van der Waals surface area contributed by atoms with Gasteiger partial charge in [-0.3, -0.25) is 9.59 Å².